The molecule has 2 aromatic rings. The fraction of sp³-hybridized carbons (Fsp3) is 0.459. The van der Waals surface area contributed by atoms with E-state index < -0.39 is 41.5 Å². The highest BCUT2D eigenvalue weighted by molar-refractivity contribution is 6.34. The zero-order chi connectivity index (χ0) is 33.8. The van der Waals surface area contributed by atoms with Crippen molar-refractivity contribution in [2.45, 2.75) is 69.2 Å². The molecule has 0 unspecified atom stereocenters. The van der Waals surface area contributed by atoms with Crippen molar-refractivity contribution < 1.29 is 33.8 Å². The van der Waals surface area contributed by atoms with Crippen LogP contribution in [0.2, 0.25) is 5.02 Å². The lowest BCUT2D eigenvalue weighted by Gasteiger charge is -2.36. The van der Waals surface area contributed by atoms with Crippen LogP contribution in [0.4, 0.5) is 5.69 Å². The number of unbranched alkanes of at least 4 members (excludes halogenated alkanes) is 3. The van der Waals surface area contributed by atoms with Gasteiger partial charge in [-0.1, -0.05) is 91.2 Å². The number of esters is 1. The fourth-order valence-corrected chi connectivity index (χ4v) is 7.91. The number of amides is 3. The molecule has 6 atom stereocenters. The first kappa shape index (κ1) is 33.9. The van der Waals surface area contributed by atoms with Gasteiger partial charge in [-0.25, -0.2) is 0 Å². The van der Waals surface area contributed by atoms with Gasteiger partial charge in [-0.3, -0.25) is 19.2 Å². The third kappa shape index (κ3) is 6.41. The standard InChI is InChI=1S/C37H42ClN3O7/c1-24-13-11-16-26(38)32(24)40-21-12-19-37-31(35(45)41(33(37)36(40)46)20-9-2-3-10-22-42)30-28(48-37)17-7-8-18-29(43)47-23-27(39-34(30)44)25-14-5-4-6-15-25/h4-7,11-17,19,27-28,30-31,33,42H,2-3,8-10,18,20-23H2,1H3,(H,39,44)/b17-7-/t27-,28+,30-,31-,33+,37-/m0/s1. The van der Waals surface area contributed by atoms with E-state index in [1.807, 2.05) is 61.5 Å². The minimum atomic E-state index is -1.42. The van der Waals surface area contributed by atoms with Gasteiger partial charge in [0.1, 0.15) is 18.2 Å². The maximum atomic E-state index is 14.8. The second-order valence-corrected chi connectivity index (χ2v) is 13.3. The van der Waals surface area contributed by atoms with Gasteiger partial charge in [0, 0.05) is 26.1 Å². The molecule has 4 heterocycles. The number of hydrogen-bond acceptors (Lipinski definition) is 7. The second kappa shape index (κ2) is 14.6. The smallest absolute Gasteiger partial charge is 0.306 e. The van der Waals surface area contributed by atoms with Gasteiger partial charge < -0.3 is 29.7 Å². The van der Waals surface area contributed by atoms with Crippen molar-refractivity contribution in [1.29, 1.82) is 0 Å². The van der Waals surface area contributed by atoms with E-state index in [0.717, 1.165) is 24.0 Å². The molecule has 0 saturated carbocycles. The van der Waals surface area contributed by atoms with Gasteiger partial charge in [-0.2, -0.15) is 0 Å². The molecule has 2 aromatic carbocycles. The molecule has 4 aliphatic heterocycles. The fourth-order valence-electron chi connectivity index (χ4n) is 7.59. The Morgan fingerprint density at radius 2 is 1.77 bits per heavy atom. The van der Waals surface area contributed by atoms with Crippen LogP contribution in [-0.4, -0.2) is 77.7 Å². The zero-order valence-corrected chi connectivity index (χ0v) is 27.8. The minimum absolute atomic E-state index is 0.0621. The number of carbonyl (C=O) groups is 4. The largest absolute Gasteiger partial charge is 0.463 e. The number of nitrogens with one attached hydrogen (secondary N) is 1. The lowest BCUT2D eigenvalue weighted by atomic mass is 9.77. The number of hydrogen-bond donors (Lipinski definition) is 2. The summed E-state index contributed by atoms with van der Waals surface area (Å²) < 4.78 is 12.4. The van der Waals surface area contributed by atoms with Crippen molar-refractivity contribution in [3.8, 4) is 0 Å². The summed E-state index contributed by atoms with van der Waals surface area (Å²) >= 11 is 6.67. The number of aliphatic hydroxyl groups is 1. The summed E-state index contributed by atoms with van der Waals surface area (Å²) in [6, 6.07) is 13.0. The Hall–Kier alpha value is -3.99. The van der Waals surface area contributed by atoms with E-state index in [9.17, 15) is 24.3 Å². The van der Waals surface area contributed by atoms with Crippen molar-refractivity contribution in [2.24, 2.45) is 11.8 Å². The normalized spacial score (nSPS) is 29.6. The molecule has 4 aliphatic rings. The first-order valence-electron chi connectivity index (χ1n) is 16.8. The topological polar surface area (TPSA) is 125 Å². The van der Waals surface area contributed by atoms with E-state index in [2.05, 4.69) is 5.32 Å². The Kier molecular flexibility index (Phi) is 10.3. The monoisotopic (exact) mass is 675 g/mol. The SMILES string of the molecule is Cc1cccc(Cl)c1N1CC=C[C@]23O[C@@H]4/C=C\CCC(=O)OC[C@@H](c5ccccc5)NC(=O)[C@@H]4[C@H]2C(=O)N(CCCCCCO)[C@@H]3C1=O. The van der Waals surface area contributed by atoms with Crippen molar-refractivity contribution in [3.05, 3.63) is 89.0 Å². The molecular formula is C37H42ClN3O7. The van der Waals surface area contributed by atoms with Gasteiger partial charge in [-0.05, 0) is 43.4 Å². The van der Waals surface area contributed by atoms with Crippen LogP contribution in [0.3, 0.4) is 0 Å². The Labute approximate surface area is 285 Å². The predicted molar refractivity (Wildman–Crippen MR) is 180 cm³/mol. The van der Waals surface area contributed by atoms with E-state index >= 15 is 0 Å². The molecule has 6 rings (SSSR count). The highest BCUT2D eigenvalue weighted by Gasteiger charge is 2.71. The predicted octanol–water partition coefficient (Wildman–Crippen LogP) is 4.44. The number of nitrogens with zero attached hydrogens (tertiary/aromatic N) is 2. The van der Waals surface area contributed by atoms with Crippen LogP contribution in [0.25, 0.3) is 0 Å². The van der Waals surface area contributed by atoms with Crippen molar-refractivity contribution in [2.75, 3.05) is 31.2 Å². The number of anilines is 1. The average molecular weight is 676 g/mol. The first-order valence-corrected chi connectivity index (χ1v) is 17.2. The maximum absolute atomic E-state index is 14.8. The lowest BCUT2D eigenvalue weighted by molar-refractivity contribution is -0.146. The van der Waals surface area contributed by atoms with Crippen molar-refractivity contribution >= 4 is 41.0 Å². The van der Waals surface area contributed by atoms with Crippen LogP contribution in [0.5, 0.6) is 0 Å². The van der Waals surface area contributed by atoms with E-state index in [0.29, 0.717) is 36.5 Å². The number of benzene rings is 2. The number of halogens is 1. The lowest BCUT2D eigenvalue weighted by Crippen LogP contribution is -2.55. The quantitative estimate of drug-likeness (QED) is 0.241. The molecule has 3 amide bonds. The van der Waals surface area contributed by atoms with E-state index in [4.69, 9.17) is 21.1 Å². The third-order valence-electron chi connectivity index (χ3n) is 9.83. The Morgan fingerprint density at radius 1 is 0.979 bits per heavy atom. The number of para-hydroxylation sites is 1. The van der Waals surface area contributed by atoms with Gasteiger partial charge in [0.2, 0.25) is 11.8 Å². The molecule has 48 heavy (non-hydrogen) atoms. The summed E-state index contributed by atoms with van der Waals surface area (Å²) in [7, 11) is 0. The number of ether oxygens (including phenoxy) is 2. The van der Waals surface area contributed by atoms with Gasteiger partial charge >= 0.3 is 5.97 Å². The molecule has 2 N–H and O–H groups in total. The Balaban J connectivity index is 1.41. The number of likely N-dealkylation sites (tertiary alicyclic amines) is 1. The number of carbonyl (C=O) groups excluding carboxylic acids is 4. The number of allylic oxidation sites excluding steroid dienone is 1. The van der Waals surface area contributed by atoms with Crippen LogP contribution < -0.4 is 10.2 Å². The van der Waals surface area contributed by atoms with Crippen LogP contribution in [0.1, 0.15) is 55.7 Å². The van der Waals surface area contributed by atoms with Gasteiger partial charge in [0.05, 0.1) is 34.7 Å². The summed E-state index contributed by atoms with van der Waals surface area (Å²) in [5.41, 5.74) is 0.722. The molecular weight excluding hydrogens is 634 g/mol. The van der Waals surface area contributed by atoms with Gasteiger partial charge in [-0.15, -0.1) is 0 Å². The number of aliphatic hydroxyl groups excluding tert-OH is 1. The highest BCUT2D eigenvalue weighted by Crippen LogP contribution is 2.53. The molecule has 0 bridgehead atoms. The Bertz CT molecular complexity index is 1580. The van der Waals surface area contributed by atoms with E-state index in [-0.39, 0.29) is 44.0 Å². The number of aryl methyl sites for hydroxylation is 1. The summed E-state index contributed by atoms with van der Waals surface area (Å²) in [6.07, 6.45) is 9.68. The first-order chi connectivity index (χ1) is 23.3. The molecule has 11 heteroatoms. The zero-order valence-electron chi connectivity index (χ0n) is 27.1. The van der Waals surface area contributed by atoms with Crippen LogP contribution in [-0.2, 0) is 28.7 Å². The molecule has 0 aromatic heterocycles. The van der Waals surface area contributed by atoms with Crippen molar-refractivity contribution in [3.63, 3.8) is 0 Å². The van der Waals surface area contributed by atoms with Crippen LogP contribution in [0, 0.1) is 18.8 Å². The summed E-state index contributed by atoms with van der Waals surface area (Å²) in [5, 5.41) is 12.8. The van der Waals surface area contributed by atoms with E-state index in [1.54, 1.807) is 28.0 Å². The van der Waals surface area contributed by atoms with Gasteiger partial charge in [0.25, 0.3) is 5.91 Å². The van der Waals surface area contributed by atoms with Crippen LogP contribution >= 0.6 is 11.6 Å². The summed E-state index contributed by atoms with van der Waals surface area (Å²) in [5.74, 6) is -3.38. The number of fused-ring (bicyclic) bond motifs is 2. The Morgan fingerprint density at radius 3 is 2.54 bits per heavy atom. The maximum Gasteiger partial charge on any atom is 0.306 e. The molecule has 2 fully saturated rings. The average Bonchev–Trinajstić information content (AvgIpc) is 3.46. The summed E-state index contributed by atoms with van der Waals surface area (Å²) in [6.45, 7) is 2.42. The minimum Gasteiger partial charge on any atom is -0.463 e. The van der Waals surface area contributed by atoms with Crippen molar-refractivity contribution in [1.82, 2.24) is 10.2 Å². The molecule has 10 nitrogen and oxygen atoms in total. The molecule has 2 saturated heterocycles. The van der Waals surface area contributed by atoms with E-state index in [1.165, 1.54) is 0 Å². The molecule has 1 spiro atoms. The second-order valence-electron chi connectivity index (χ2n) is 12.9. The molecule has 0 radical (unpaired) electrons. The highest BCUT2D eigenvalue weighted by atomic mass is 35.5. The summed E-state index contributed by atoms with van der Waals surface area (Å²) in [4.78, 5) is 59.6. The number of rotatable bonds is 8. The van der Waals surface area contributed by atoms with Gasteiger partial charge in [0.15, 0.2) is 0 Å². The molecule has 254 valence electrons. The molecule has 0 aliphatic carbocycles. The van der Waals surface area contributed by atoms with Crippen LogP contribution in [0.15, 0.2) is 72.8 Å². The third-order valence-corrected chi connectivity index (χ3v) is 10.1. The number of cyclic esters (lactones) is 1.